The van der Waals surface area contributed by atoms with Gasteiger partial charge in [0.2, 0.25) is 5.91 Å². The fraction of sp³-hybridized carbons (Fsp3) is 0.0667. The molecule has 0 atom stereocenters. The quantitative estimate of drug-likeness (QED) is 0.532. The van der Waals surface area contributed by atoms with Crippen molar-refractivity contribution in [3.63, 3.8) is 0 Å². The summed E-state index contributed by atoms with van der Waals surface area (Å²) < 4.78 is 0.911. The number of amides is 1. The highest BCUT2D eigenvalue weighted by atomic mass is 32.2. The average Bonchev–Trinajstić information content (AvgIpc) is 3.30. The van der Waals surface area contributed by atoms with E-state index in [0.29, 0.717) is 26.4 Å². The Morgan fingerprint density at radius 1 is 1.32 bits per heavy atom. The lowest BCUT2D eigenvalue weighted by Gasteiger charge is -2.02. The van der Waals surface area contributed by atoms with Crippen molar-refractivity contribution in [3.05, 3.63) is 33.5 Å². The van der Waals surface area contributed by atoms with Crippen LogP contribution in [0.3, 0.4) is 0 Å². The normalized spacial score (nSPS) is 10.8. The highest BCUT2D eigenvalue weighted by molar-refractivity contribution is 7.39. The number of carbonyl (C=O) groups is 1. The van der Waals surface area contributed by atoms with Crippen molar-refractivity contribution < 1.29 is 4.79 Å². The van der Waals surface area contributed by atoms with E-state index in [1.165, 1.54) is 34.0 Å². The Morgan fingerprint density at radius 2 is 2.20 bits per heavy atom. The van der Waals surface area contributed by atoms with Gasteiger partial charge in [-0.3, -0.25) is 4.79 Å². The van der Waals surface area contributed by atoms with Crippen molar-refractivity contribution in [1.82, 2.24) is 9.97 Å². The predicted molar refractivity (Wildman–Crippen MR) is 104 cm³/mol. The van der Waals surface area contributed by atoms with Gasteiger partial charge in [0.05, 0.1) is 12.0 Å². The second kappa shape index (κ2) is 6.53. The molecule has 25 heavy (non-hydrogen) atoms. The molecule has 0 saturated heterocycles. The van der Waals surface area contributed by atoms with Gasteiger partial charge in [0, 0.05) is 15.8 Å². The zero-order valence-corrected chi connectivity index (χ0v) is 15.7. The third-order valence-corrected chi connectivity index (χ3v) is 7.10. The van der Waals surface area contributed by atoms with Crippen LogP contribution in [0.1, 0.15) is 10.6 Å². The molecule has 0 saturated carbocycles. The standard InChI is InChI=1S/C15H9N5OS4/c16-5-7-8(9-2-1-3-22-9)6-23-13(7)18-10(21)4-11-19-12-14(24-11)25-15(17)20-12/h1-3,6H,4H2,(H2,17,20)(H,18,21). The molecule has 0 radical (unpaired) electrons. The van der Waals surface area contributed by atoms with Crippen LogP contribution >= 0.6 is 45.3 Å². The molecule has 0 aliphatic heterocycles. The number of thiazole rings is 2. The molecule has 4 aromatic rings. The number of hydrogen-bond donors (Lipinski definition) is 2. The summed E-state index contributed by atoms with van der Waals surface area (Å²) in [6, 6.07) is 6.09. The second-order valence-electron chi connectivity index (χ2n) is 4.94. The monoisotopic (exact) mass is 403 g/mol. The lowest BCUT2D eigenvalue weighted by Crippen LogP contribution is -2.14. The van der Waals surface area contributed by atoms with Gasteiger partial charge in [0.1, 0.15) is 20.1 Å². The number of nitrogens with two attached hydrogens (primary N) is 1. The van der Waals surface area contributed by atoms with Gasteiger partial charge in [-0.2, -0.15) is 10.2 Å². The number of rotatable bonds is 4. The largest absolute Gasteiger partial charge is 0.375 e. The molecule has 0 unspecified atom stereocenters. The molecule has 0 bridgehead atoms. The number of carbonyl (C=O) groups excluding carboxylic acids is 1. The fourth-order valence-corrected chi connectivity index (χ4v) is 5.95. The molecule has 10 heteroatoms. The first-order chi connectivity index (χ1) is 12.1. The molecule has 4 heterocycles. The summed E-state index contributed by atoms with van der Waals surface area (Å²) in [5.74, 6) is -0.203. The Kier molecular flexibility index (Phi) is 4.22. The number of anilines is 2. The minimum atomic E-state index is -0.203. The Bertz CT molecular complexity index is 1070. The Morgan fingerprint density at radius 3 is 2.92 bits per heavy atom. The molecular formula is C15H9N5OS4. The second-order valence-corrected chi connectivity index (χ2v) is 9.14. The highest BCUT2D eigenvalue weighted by Crippen LogP contribution is 2.37. The summed E-state index contributed by atoms with van der Waals surface area (Å²) in [6.07, 6.45) is 0.144. The highest BCUT2D eigenvalue weighted by Gasteiger charge is 2.17. The molecule has 0 aliphatic carbocycles. The van der Waals surface area contributed by atoms with Gasteiger partial charge < -0.3 is 11.1 Å². The van der Waals surface area contributed by atoms with Crippen molar-refractivity contribution in [2.75, 3.05) is 11.1 Å². The number of hydrogen-bond acceptors (Lipinski definition) is 9. The van der Waals surface area contributed by atoms with Gasteiger partial charge in [-0.05, 0) is 11.4 Å². The van der Waals surface area contributed by atoms with E-state index in [0.717, 1.165) is 14.5 Å². The van der Waals surface area contributed by atoms with E-state index in [-0.39, 0.29) is 12.3 Å². The maximum absolute atomic E-state index is 12.3. The molecule has 0 fully saturated rings. The SMILES string of the molecule is N#Cc1c(-c2cccs2)csc1NC(=O)Cc1nc2nc(N)sc2s1. The molecule has 6 nitrogen and oxygen atoms in total. The topological polar surface area (TPSA) is 105 Å². The number of nitriles is 1. The molecule has 4 rings (SSSR count). The van der Waals surface area contributed by atoms with Crippen LogP contribution in [0.2, 0.25) is 0 Å². The van der Waals surface area contributed by atoms with E-state index in [9.17, 15) is 10.1 Å². The smallest absolute Gasteiger partial charge is 0.231 e. The average molecular weight is 404 g/mol. The van der Waals surface area contributed by atoms with Crippen LogP contribution in [-0.4, -0.2) is 15.9 Å². The molecule has 4 aromatic heterocycles. The van der Waals surface area contributed by atoms with E-state index in [1.54, 1.807) is 11.3 Å². The summed E-state index contributed by atoms with van der Waals surface area (Å²) in [4.78, 5) is 21.8. The minimum Gasteiger partial charge on any atom is -0.375 e. The third kappa shape index (κ3) is 3.14. The van der Waals surface area contributed by atoms with E-state index < -0.39 is 0 Å². The number of thiophene rings is 2. The molecular weight excluding hydrogens is 394 g/mol. The van der Waals surface area contributed by atoms with E-state index in [1.807, 2.05) is 22.9 Å². The van der Waals surface area contributed by atoms with Gasteiger partial charge in [-0.1, -0.05) is 17.4 Å². The zero-order valence-electron chi connectivity index (χ0n) is 12.5. The van der Waals surface area contributed by atoms with E-state index in [4.69, 9.17) is 5.73 Å². The van der Waals surface area contributed by atoms with Crippen LogP contribution in [0.5, 0.6) is 0 Å². The van der Waals surface area contributed by atoms with Crippen molar-refractivity contribution in [2.45, 2.75) is 6.42 Å². The van der Waals surface area contributed by atoms with Crippen LogP contribution in [0.25, 0.3) is 20.1 Å². The van der Waals surface area contributed by atoms with Crippen molar-refractivity contribution in [3.8, 4) is 16.5 Å². The fourth-order valence-electron chi connectivity index (χ4n) is 2.26. The summed E-state index contributed by atoms with van der Waals surface area (Å²) in [7, 11) is 0. The molecule has 3 N–H and O–H groups in total. The Balaban J connectivity index is 1.52. The lowest BCUT2D eigenvalue weighted by molar-refractivity contribution is -0.115. The van der Waals surface area contributed by atoms with Crippen molar-refractivity contribution >= 4 is 71.0 Å². The summed E-state index contributed by atoms with van der Waals surface area (Å²) in [5.41, 5.74) is 7.57. The number of fused-ring (bicyclic) bond motifs is 1. The van der Waals surface area contributed by atoms with Crippen molar-refractivity contribution in [2.24, 2.45) is 0 Å². The lowest BCUT2D eigenvalue weighted by atomic mass is 10.1. The predicted octanol–water partition coefficient (Wildman–Crippen LogP) is 4.18. The molecule has 124 valence electrons. The number of nitrogens with one attached hydrogen (secondary N) is 1. The molecule has 1 amide bonds. The first kappa shape index (κ1) is 16.2. The van der Waals surface area contributed by atoms with Gasteiger partial charge in [0.15, 0.2) is 10.8 Å². The Labute approximate surface area is 158 Å². The van der Waals surface area contributed by atoms with Gasteiger partial charge in [0.25, 0.3) is 0 Å². The minimum absolute atomic E-state index is 0.144. The van der Waals surface area contributed by atoms with Gasteiger partial charge in [-0.25, -0.2) is 4.98 Å². The van der Waals surface area contributed by atoms with Gasteiger partial charge >= 0.3 is 0 Å². The maximum atomic E-state index is 12.3. The molecule has 0 spiro atoms. The van der Waals surface area contributed by atoms with E-state index >= 15 is 0 Å². The van der Waals surface area contributed by atoms with Crippen LogP contribution in [-0.2, 0) is 11.2 Å². The summed E-state index contributed by atoms with van der Waals surface area (Å²) >= 11 is 5.70. The summed E-state index contributed by atoms with van der Waals surface area (Å²) in [5, 5.41) is 17.9. The van der Waals surface area contributed by atoms with Gasteiger partial charge in [-0.15, -0.1) is 34.0 Å². The summed E-state index contributed by atoms with van der Waals surface area (Å²) in [6.45, 7) is 0. The number of aromatic nitrogens is 2. The van der Waals surface area contributed by atoms with Crippen LogP contribution in [0.4, 0.5) is 10.1 Å². The van der Waals surface area contributed by atoms with Crippen molar-refractivity contribution in [1.29, 1.82) is 5.26 Å². The van der Waals surface area contributed by atoms with E-state index in [2.05, 4.69) is 21.4 Å². The first-order valence-electron chi connectivity index (χ1n) is 7.01. The first-order valence-corrected chi connectivity index (χ1v) is 10.4. The molecule has 0 aromatic carbocycles. The maximum Gasteiger partial charge on any atom is 0.231 e. The number of nitrogen functional groups attached to an aromatic ring is 1. The zero-order chi connectivity index (χ0) is 17.4. The van der Waals surface area contributed by atoms with Crippen LogP contribution in [0, 0.1) is 11.3 Å². The van der Waals surface area contributed by atoms with Crippen LogP contribution in [0.15, 0.2) is 22.9 Å². The Hall–Kier alpha value is -2.32. The molecule has 0 aliphatic rings. The number of nitrogens with zero attached hydrogens (tertiary/aromatic N) is 3. The third-order valence-electron chi connectivity index (χ3n) is 3.29. The van der Waals surface area contributed by atoms with Crippen LogP contribution < -0.4 is 11.1 Å².